The third-order valence-electron chi connectivity index (χ3n) is 2.10. The number of aromatic nitrogens is 2. The summed E-state index contributed by atoms with van der Waals surface area (Å²) in [6.45, 7) is 8.37. The molecule has 1 N–H and O–H groups in total. The fraction of sp³-hybridized carbons (Fsp3) is 0.364. The number of carboxylic acid groups (broad SMARTS) is 1. The summed E-state index contributed by atoms with van der Waals surface area (Å²) in [5.41, 5.74) is -0.0499. The first kappa shape index (κ1) is 12.2. The summed E-state index contributed by atoms with van der Waals surface area (Å²) in [6.07, 6.45) is 4.50. The van der Waals surface area contributed by atoms with Gasteiger partial charge in [-0.25, -0.2) is 14.8 Å². The molecule has 0 atom stereocenters. The molecular weight excluding hydrogens is 206 g/mol. The second kappa shape index (κ2) is 5.25. The molecule has 0 aromatic carbocycles. The zero-order valence-electron chi connectivity index (χ0n) is 9.42. The van der Waals surface area contributed by atoms with Crippen LogP contribution >= 0.6 is 0 Å². The first-order valence-corrected chi connectivity index (χ1v) is 4.99. The maximum Gasteiger partial charge on any atom is 0.356 e. The molecule has 0 saturated heterocycles. The smallest absolute Gasteiger partial charge is 0.356 e. The van der Waals surface area contributed by atoms with E-state index in [0.717, 1.165) is 0 Å². The van der Waals surface area contributed by atoms with Crippen LogP contribution in [0.15, 0.2) is 25.0 Å². The van der Waals surface area contributed by atoms with Crippen molar-refractivity contribution in [1.29, 1.82) is 0 Å². The van der Waals surface area contributed by atoms with Crippen molar-refractivity contribution in [3.63, 3.8) is 0 Å². The molecule has 1 rings (SSSR count). The van der Waals surface area contributed by atoms with Crippen LogP contribution in [0, 0.1) is 0 Å². The lowest BCUT2D eigenvalue weighted by atomic mass is 10.3. The zero-order chi connectivity index (χ0) is 12.1. The Balaban J connectivity index is 2.93. The second-order valence-corrected chi connectivity index (χ2v) is 3.60. The van der Waals surface area contributed by atoms with Crippen LogP contribution in [0.5, 0.6) is 0 Å². The number of anilines is 1. The molecule has 1 heterocycles. The van der Waals surface area contributed by atoms with Crippen molar-refractivity contribution in [2.75, 3.05) is 11.4 Å². The molecule has 0 aliphatic rings. The van der Waals surface area contributed by atoms with Crippen LogP contribution in [-0.4, -0.2) is 33.6 Å². The lowest BCUT2D eigenvalue weighted by molar-refractivity contribution is 0.0690. The number of nitrogens with zero attached hydrogens (tertiary/aromatic N) is 3. The normalized spacial score (nSPS) is 10.2. The van der Waals surface area contributed by atoms with Gasteiger partial charge in [0, 0.05) is 12.6 Å². The summed E-state index contributed by atoms with van der Waals surface area (Å²) >= 11 is 0. The van der Waals surface area contributed by atoms with Crippen molar-refractivity contribution < 1.29 is 9.90 Å². The SMILES string of the molecule is C=CCN(c1cnc(C(=O)O)cn1)C(C)C. The largest absolute Gasteiger partial charge is 0.476 e. The van der Waals surface area contributed by atoms with Gasteiger partial charge in [-0.1, -0.05) is 6.08 Å². The van der Waals surface area contributed by atoms with Crippen molar-refractivity contribution in [2.24, 2.45) is 0 Å². The average molecular weight is 221 g/mol. The van der Waals surface area contributed by atoms with Gasteiger partial charge in [0.2, 0.25) is 0 Å². The molecule has 5 nitrogen and oxygen atoms in total. The molecule has 5 heteroatoms. The Morgan fingerprint density at radius 1 is 1.56 bits per heavy atom. The van der Waals surface area contributed by atoms with E-state index < -0.39 is 5.97 Å². The van der Waals surface area contributed by atoms with Gasteiger partial charge in [-0.05, 0) is 13.8 Å². The Kier molecular flexibility index (Phi) is 3.99. The lowest BCUT2D eigenvalue weighted by Crippen LogP contribution is -2.31. The number of carbonyl (C=O) groups is 1. The van der Waals surface area contributed by atoms with Gasteiger partial charge in [0.15, 0.2) is 5.69 Å². The van der Waals surface area contributed by atoms with Gasteiger partial charge in [0.1, 0.15) is 5.82 Å². The van der Waals surface area contributed by atoms with Gasteiger partial charge in [-0.3, -0.25) is 0 Å². The Morgan fingerprint density at radius 3 is 2.62 bits per heavy atom. The van der Waals surface area contributed by atoms with Crippen LogP contribution in [-0.2, 0) is 0 Å². The maximum absolute atomic E-state index is 10.6. The molecule has 0 amide bonds. The lowest BCUT2D eigenvalue weighted by Gasteiger charge is -2.25. The third kappa shape index (κ3) is 2.79. The van der Waals surface area contributed by atoms with E-state index in [4.69, 9.17) is 5.11 Å². The van der Waals surface area contributed by atoms with Gasteiger partial charge in [0.25, 0.3) is 0 Å². The van der Waals surface area contributed by atoms with Crippen molar-refractivity contribution in [2.45, 2.75) is 19.9 Å². The Morgan fingerprint density at radius 2 is 2.25 bits per heavy atom. The van der Waals surface area contributed by atoms with E-state index in [1.165, 1.54) is 12.4 Å². The minimum atomic E-state index is -1.07. The van der Waals surface area contributed by atoms with Gasteiger partial charge in [-0.2, -0.15) is 0 Å². The standard InChI is InChI=1S/C11H15N3O2/c1-4-5-14(8(2)3)10-7-12-9(6-13-10)11(15)16/h4,6-8H,1,5H2,2-3H3,(H,15,16). The minimum Gasteiger partial charge on any atom is -0.476 e. The highest BCUT2D eigenvalue weighted by molar-refractivity contribution is 5.84. The van der Waals surface area contributed by atoms with E-state index in [1.54, 1.807) is 6.08 Å². The predicted octanol–water partition coefficient (Wildman–Crippen LogP) is 1.58. The van der Waals surface area contributed by atoms with Gasteiger partial charge in [0.05, 0.1) is 12.4 Å². The second-order valence-electron chi connectivity index (χ2n) is 3.60. The summed E-state index contributed by atoms with van der Waals surface area (Å²) in [6, 6.07) is 0.253. The average Bonchev–Trinajstić information content (AvgIpc) is 2.25. The van der Waals surface area contributed by atoms with Crippen LogP contribution in [0.3, 0.4) is 0 Å². The molecule has 0 aliphatic carbocycles. The first-order valence-electron chi connectivity index (χ1n) is 4.99. The van der Waals surface area contributed by atoms with Crippen LogP contribution in [0.2, 0.25) is 0 Å². The fourth-order valence-corrected chi connectivity index (χ4v) is 1.29. The summed E-state index contributed by atoms with van der Waals surface area (Å²) in [5.74, 6) is -0.418. The molecule has 0 unspecified atom stereocenters. The molecule has 1 aromatic heterocycles. The highest BCUT2D eigenvalue weighted by Crippen LogP contribution is 2.12. The molecular formula is C11H15N3O2. The number of hydrogen-bond acceptors (Lipinski definition) is 4. The fourth-order valence-electron chi connectivity index (χ4n) is 1.29. The molecule has 0 spiro atoms. The topological polar surface area (TPSA) is 66.3 Å². The molecule has 0 fully saturated rings. The Hall–Kier alpha value is -1.91. The monoisotopic (exact) mass is 221 g/mol. The van der Waals surface area contributed by atoms with Crippen molar-refractivity contribution in [3.05, 3.63) is 30.7 Å². The highest BCUT2D eigenvalue weighted by atomic mass is 16.4. The summed E-state index contributed by atoms with van der Waals surface area (Å²) in [4.78, 5) is 20.5. The van der Waals surface area contributed by atoms with E-state index >= 15 is 0 Å². The van der Waals surface area contributed by atoms with E-state index in [9.17, 15) is 4.79 Å². The maximum atomic E-state index is 10.6. The number of hydrogen-bond donors (Lipinski definition) is 1. The predicted molar refractivity (Wildman–Crippen MR) is 61.7 cm³/mol. The van der Waals surface area contributed by atoms with Gasteiger partial charge in [-0.15, -0.1) is 6.58 Å². The van der Waals surface area contributed by atoms with E-state index in [1.807, 2.05) is 18.7 Å². The molecule has 16 heavy (non-hydrogen) atoms. The molecule has 0 radical (unpaired) electrons. The third-order valence-corrected chi connectivity index (χ3v) is 2.10. The number of rotatable bonds is 5. The Bertz CT molecular complexity index is 373. The van der Waals surface area contributed by atoms with E-state index in [-0.39, 0.29) is 11.7 Å². The van der Waals surface area contributed by atoms with Crippen molar-refractivity contribution in [3.8, 4) is 0 Å². The minimum absolute atomic E-state index is 0.0499. The molecule has 0 bridgehead atoms. The van der Waals surface area contributed by atoms with E-state index in [0.29, 0.717) is 12.4 Å². The Labute approximate surface area is 94.5 Å². The highest BCUT2D eigenvalue weighted by Gasteiger charge is 2.12. The quantitative estimate of drug-likeness (QED) is 0.764. The molecule has 0 saturated carbocycles. The van der Waals surface area contributed by atoms with Crippen LogP contribution in [0.1, 0.15) is 24.3 Å². The van der Waals surface area contributed by atoms with E-state index in [2.05, 4.69) is 16.5 Å². The molecule has 86 valence electrons. The van der Waals surface area contributed by atoms with Gasteiger partial charge >= 0.3 is 5.97 Å². The summed E-state index contributed by atoms with van der Waals surface area (Å²) in [7, 11) is 0. The molecule has 1 aromatic rings. The first-order chi connectivity index (χ1) is 7.56. The van der Waals surface area contributed by atoms with Crippen molar-refractivity contribution >= 4 is 11.8 Å². The molecule has 0 aliphatic heterocycles. The van der Waals surface area contributed by atoms with Crippen LogP contribution in [0.25, 0.3) is 0 Å². The summed E-state index contributed by atoms with van der Waals surface area (Å²) < 4.78 is 0. The van der Waals surface area contributed by atoms with Crippen LogP contribution in [0.4, 0.5) is 5.82 Å². The zero-order valence-corrected chi connectivity index (χ0v) is 9.42. The number of aromatic carboxylic acids is 1. The van der Waals surface area contributed by atoms with Crippen LogP contribution < -0.4 is 4.90 Å². The number of carboxylic acids is 1. The van der Waals surface area contributed by atoms with Gasteiger partial charge < -0.3 is 10.0 Å². The van der Waals surface area contributed by atoms with Crippen molar-refractivity contribution in [1.82, 2.24) is 9.97 Å². The summed E-state index contributed by atoms with van der Waals surface area (Å²) in [5, 5.41) is 8.69.